The van der Waals surface area contributed by atoms with Gasteiger partial charge < -0.3 is 15.0 Å². The summed E-state index contributed by atoms with van der Waals surface area (Å²) in [5.74, 6) is -2.26. The lowest BCUT2D eigenvalue weighted by atomic mass is 10.2. The number of hydrogen-bond acceptors (Lipinski definition) is 5. The van der Waals surface area contributed by atoms with Gasteiger partial charge in [0.25, 0.3) is 0 Å². The van der Waals surface area contributed by atoms with Crippen molar-refractivity contribution in [3.8, 4) is 0 Å². The van der Waals surface area contributed by atoms with E-state index in [-0.39, 0.29) is 11.1 Å². The predicted octanol–water partition coefficient (Wildman–Crippen LogP) is 7.73. The third-order valence-electron chi connectivity index (χ3n) is 7.30. The van der Waals surface area contributed by atoms with Gasteiger partial charge in [-0.25, -0.2) is 4.79 Å². The molecule has 0 radical (unpaired) electrons. The number of carbonyl (C=O) groups is 2. The van der Waals surface area contributed by atoms with E-state index in [1.165, 1.54) is 55.2 Å². The highest BCUT2D eigenvalue weighted by atomic mass is 33.1. The maximum Gasteiger partial charge on any atom is 0.336 e. The van der Waals surface area contributed by atoms with Crippen LogP contribution in [0.2, 0.25) is 0 Å². The van der Waals surface area contributed by atoms with Crippen LogP contribution in [0.25, 0.3) is 0 Å². The fourth-order valence-corrected chi connectivity index (χ4v) is 11.7. The van der Waals surface area contributed by atoms with Crippen LogP contribution in [0, 0.1) is 0 Å². The van der Waals surface area contributed by atoms with Crippen molar-refractivity contribution in [3.05, 3.63) is 187 Å². The molecule has 0 amide bonds. The van der Waals surface area contributed by atoms with Crippen molar-refractivity contribution in [3.63, 3.8) is 0 Å². The van der Waals surface area contributed by atoms with Gasteiger partial charge in [-0.3, -0.25) is 0 Å². The Bertz CT molecular complexity index is 1710. The van der Waals surface area contributed by atoms with Crippen LogP contribution in [0.5, 0.6) is 0 Å². The van der Waals surface area contributed by atoms with Gasteiger partial charge in [-0.2, -0.15) is 0 Å². The summed E-state index contributed by atoms with van der Waals surface area (Å²) in [5, 5.41) is 24.4. The van der Waals surface area contributed by atoms with E-state index in [2.05, 4.69) is 121 Å². The first-order chi connectivity index (χ1) is 22.5. The van der Waals surface area contributed by atoms with Gasteiger partial charge in [0.2, 0.25) is 0 Å². The lowest BCUT2D eigenvalue weighted by Gasteiger charge is -2.27. The second-order valence-corrected chi connectivity index (χ2v) is 15.9. The first-order valence-corrected chi connectivity index (χ1v) is 18.7. The monoisotopic (exact) mass is 658 g/mol. The third-order valence-corrected chi connectivity index (χ3v) is 14.2. The molecule has 228 valence electrons. The Balaban J connectivity index is 0.000000188. The van der Waals surface area contributed by atoms with E-state index in [1.54, 1.807) is 36.4 Å². The summed E-state index contributed by atoms with van der Waals surface area (Å²) in [7, 11) is 0.622. The highest BCUT2D eigenvalue weighted by Crippen LogP contribution is 2.58. The maximum absolute atomic E-state index is 11.1. The van der Waals surface area contributed by atoms with Gasteiger partial charge >= 0.3 is 5.97 Å². The fourth-order valence-electron chi connectivity index (χ4n) is 5.14. The summed E-state index contributed by atoms with van der Waals surface area (Å²) in [5.41, 5.74) is 1.67. The minimum Gasteiger partial charge on any atom is -0.545 e. The van der Waals surface area contributed by atoms with Crippen molar-refractivity contribution in [2.45, 2.75) is 16.0 Å². The topological polar surface area (TPSA) is 77.4 Å². The molecule has 6 rings (SSSR count). The molecule has 6 aromatic carbocycles. The number of hydrogen-bond donors (Lipinski definition) is 1. The molecule has 0 aliphatic rings. The minimum atomic E-state index is -1.78. The lowest BCUT2D eigenvalue weighted by molar-refractivity contribution is -0.255. The highest BCUT2D eigenvalue weighted by Gasteiger charge is 2.45. The predicted molar refractivity (Wildman–Crippen MR) is 191 cm³/mol. The van der Waals surface area contributed by atoms with Gasteiger partial charge in [-0.05, 0) is 60.2 Å². The van der Waals surface area contributed by atoms with Gasteiger partial charge in [0, 0.05) is 15.4 Å². The molecule has 0 aliphatic heterocycles. The molecule has 7 heteroatoms. The largest absolute Gasteiger partial charge is 0.545 e. The molecule has 0 unspecified atom stereocenters. The molecule has 0 atom stereocenters. The van der Waals surface area contributed by atoms with Crippen LogP contribution < -0.4 is 21.0 Å². The molecule has 0 heterocycles. The molecule has 0 aliphatic carbocycles. The summed E-state index contributed by atoms with van der Waals surface area (Å²) < 4.78 is 0. The molecule has 46 heavy (non-hydrogen) atoms. The zero-order valence-corrected chi connectivity index (χ0v) is 27.3. The van der Waals surface area contributed by atoms with Crippen molar-refractivity contribution < 1.29 is 19.8 Å². The second-order valence-electron chi connectivity index (χ2n) is 10.2. The van der Waals surface area contributed by atoms with Crippen LogP contribution in [0.4, 0.5) is 0 Å². The first-order valence-electron chi connectivity index (χ1n) is 14.5. The van der Waals surface area contributed by atoms with Gasteiger partial charge in [-0.1, -0.05) is 137 Å². The molecule has 1 N–H and O–H groups in total. The summed E-state index contributed by atoms with van der Waals surface area (Å²) in [6.07, 6.45) is 1.03. The normalized spacial score (nSPS) is 10.8. The van der Waals surface area contributed by atoms with E-state index in [9.17, 15) is 14.7 Å². The first kappa shape index (κ1) is 32.8. The number of carboxylic acid groups (broad SMARTS) is 2. The molecular weight excluding hydrogens is 628 g/mol. The highest BCUT2D eigenvalue weighted by molar-refractivity contribution is 8.76. The summed E-state index contributed by atoms with van der Waals surface area (Å²) in [6, 6.07) is 57.1. The van der Waals surface area contributed by atoms with Gasteiger partial charge in [0.1, 0.15) is 23.2 Å². The van der Waals surface area contributed by atoms with Crippen molar-refractivity contribution in [1.82, 2.24) is 0 Å². The second kappa shape index (κ2) is 16.1. The molecule has 0 saturated heterocycles. The minimum absolute atomic E-state index is 0.0952. The Morgan fingerprint density at radius 1 is 0.500 bits per heavy atom. The van der Waals surface area contributed by atoms with Crippen LogP contribution in [-0.2, 0) is 6.16 Å². The Kier molecular flexibility index (Phi) is 11.5. The van der Waals surface area contributed by atoms with Gasteiger partial charge in [0.05, 0.1) is 17.7 Å². The van der Waals surface area contributed by atoms with Crippen molar-refractivity contribution in [2.75, 3.05) is 0 Å². The van der Waals surface area contributed by atoms with Crippen molar-refractivity contribution in [1.29, 1.82) is 0 Å². The molecular formula is C39H31O4PS2. The van der Waals surface area contributed by atoms with E-state index >= 15 is 0 Å². The van der Waals surface area contributed by atoms with Crippen molar-refractivity contribution >= 4 is 56.7 Å². The SMILES string of the molecule is O=C([O-])c1ccccc1SSc1ccccc1C(=O)O.c1ccc(C[P+](c2ccccc2)(c2ccccc2)c2ccccc2)cc1. The third kappa shape index (κ3) is 7.96. The van der Waals surface area contributed by atoms with Gasteiger partial charge in [-0.15, -0.1) is 0 Å². The molecule has 0 fully saturated rings. The molecule has 0 bridgehead atoms. The average molecular weight is 659 g/mol. The summed E-state index contributed by atoms with van der Waals surface area (Å²) in [4.78, 5) is 23.2. The molecule has 0 saturated carbocycles. The number of aromatic carboxylic acids is 2. The van der Waals surface area contributed by atoms with Crippen LogP contribution in [-0.4, -0.2) is 17.0 Å². The van der Waals surface area contributed by atoms with E-state index in [4.69, 9.17) is 5.11 Å². The number of carboxylic acids is 2. The Labute approximate surface area is 277 Å². The number of carbonyl (C=O) groups excluding carboxylic acids is 1. The van der Waals surface area contributed by atoms with E-state index in [0.29, 0.717) is 9.79 Å². The van der Waals surface area contributed by atoms with Crippen LogP contribution >= 0.6 is 28.9 Å². The molecule has 0 spiro atoms. The van der Waals surface area contributed by atoms with Gasteiger partial charge in [0.15, 0.2) is 0 Å². The molecule has 4 nitrogen and oxygen atoms in total. The van der Waals surface area contributed by atoms with E-state index < -0.39 is 19.2 Å². The Hall–Kier alpha value is -4.61. The van der Waals surface area contributed by atoms with Crippen LogP contribution in [0.1, 0.15) is 26.3 Å². The molecule has 0 aromatic heterocycles. The standard InChI is InChI=1S/C25H22P.C14H10O4S2/c1-5-13-22(14-6-1)21-26(23-15-7-2-8-16-23,24-17-9-3-10-18-24)25-19-11-4-12-20-25;15-13(16)9-5-1-3-7-11(9)19-20-12-8-4-2-6-10(12)14(17)18/h1-20H,21H2;1-8H,(H,15,16)(H,17,18)/q+1;/p-1. The Morgan fingerprint density at radius 2 is 0.848 bits per heavy atom. The zero-order chi connectivity index (χ0) is 32.2. The summed E-state index contributed by atoms with van der Waals surface area (Å²) >= 11 is 0. The smallest absolute Gasteiger partial charge is 0.336 e. The fraction of sp³-hybridized carbons (Fsp3) is 0.0256. The van der Waals surface area contributed by atoms with Crippen LogP contribution in [0.3, 0.4) is 0 Å². The lowest BCUT2D eigenvalue weighted by Crippen LogP contribution is -2.32. The maximum atomic E-state index is 11.1. The van der Waals surface area contributed by atoms with E-state index in [0.717, 1.165) is 6.16 Å². The van der Waals surface area contributed by atoms with E-state index in [1.807, 2.05) is 0 Å². The zero-order valence-electron chi connectivity index (χ0n) is 24.8. The summed E-state index contributed by atoms with van der Waals surface area (Å²) in [6.45, 7) is 0. The quantitative estimate of drug-likeness (QED) is 0.120. The average Bonchev–Trinajstić information content (AvgIpc) is 3.12. The number of benzene rings is 6. The van der Waals surface area contributed by atoms with Crippen LogP contribution in [0.15, 0.2) is 180 Å². The number of rotatable bonds is 10. The molecule has 6 aromatic rings. The Morgan fingerprint density at radius 3 is 1.26 bits per heavy atom. The van der Waals surface area contributed by atoms with Crippen molar-refractivity contribution in [2.24, 2.45) is 0 Å².